The van der Waals surface area contributed by atoms with Crippen LogP contribution in [-0.4, -0.2) is 18.5 Å². The van der Waals surface area contributed by atoms with Crippen LogP contribution < -0.4 is 0 Å². The van der Waals surface area contributed by atoms with Crippen molar-refractivity contribution in [2.45, 2.75) is 35.8 Å². The molecule has 1 aliphatic carbocycles. The highest BCUT2D eigenvalue weighted by Crippen LogP contribution is 2.29. The monoisotopic (exact) mass is 260 g/mol. The average Bonchev–Trinajstić information content (AvgIpc) is 1.86. The molecule has 0 aromatic rings. The number of hydrogen-bond donors (Lipinski definition) is 0. The summed E-state index contributed by atoms with van der Waals surface area (Å²) in [6.07, 6.45) is 3.22. The predicted molar refractivity (Wildman–Crippen MR) is 49.7 cm³/mol. The highest BCUT2D eigenvalue weighted by atomic mass is 79.9. The standard InChI is InChI=1S/C6H10BrClO2S/c7-5-1-3-6(4-2-5)11(8,9)10/h5-6H,1-4H2. The van der Waals surface area contributed by atoms with Crippen LogP contribution in [0.2, 0.25) is 0 Å². The highest BCUT2D eigenvalue weighted by molar-refractivity contribution is 9.09. The van der Waals surface area contributed by atoms with E-state index in [0.29, 0.717) is 17.7 Å². The van der Waals surface area contributed by atoms with E-state index in [9.17, 15) is 8.42 Å². The molecule has 0 aromatic carbocycles. The molecule has 11 heavy (non-hydrogen) atoms. The molecular formula is C6H10BrClO2S. The van der Waals surface area contributed by atoms with Gasteiger partial charge in [0.15, 0.2) is 0 Å². The molecule has 5 heteroatoms. The summed E-state index contributed by atoms with van der Waals surface area (Å²) in [4.78, 5) is 0.483. The molecule has 0 atom stereocenters. The molecule has 0 saturated heterocycles. The Bertz CT molecular complexity index is 219. The van der Waals surface area contributed by atoms with Gasteiger partial charge in [0.2, 0.25) is 9.05 Å². The second kappa shape index (κ2) is 3.62. The first-order valence-electron chi connectivity index (χ1n) is 3.57. The largest absolute Gasteiger partial charge is 0.235 e. The zero-order chi connectivity index (χ0) is 8.48. The van der Waals surface area contributed by atoms with Crippen molar-refractivity contribution in [3.63, 3.8) is 0 Å². The quantitative estimate of drug-likeness (QED) is 0.536. The lowest BCUT2D eigenvalue weighted by molar-refractivity contribution is 0.503. The van der Waals surface area contributed by atoms with Crippen molar-refractivity contribution in [2.75, 3.05) is 0 Å². The van der Waals surface area contributed by atoms with Crippen molar-refractivity contribution in [3.8, 4) is 0 Å². The fourth-order valence-electron chi connectivity index (χ4n) is 1.30. The third-order valence-electron chi connectivity index (χ3n) is 2.00. The molecule has 2 nitrogen and oxygen atoms in total. The summed E-state index contributed by atoms with van der Waals surface area (Å²) in [5.74, 6) is 0. The molecule has 0 N–H and O–H groups in total. The van der Waals surface area contributed by atoms with Gasteiger partial charge >= 0.3 is 0 Å². The van der Waals surface area contributed by atoms with Crippen molar-refractivity contribution in [2.24, 2.45) is 0 Å². The second-order valence-corrected chi connectivity index (χ2v) is 7.05. The van der Waals surface area contributed by atoms with Gasteiger partial charge in [-0.1, -0.05) is 15.9 Å². The van der Waals surface area contributed by atoms with Gasteiger partial charge in [0.1, 0.15) is 0 Å². The van der Waals surface area contributed by atoms with Crippen LogP contribution in [0.5, 0.6) is 0 Å². The van der Waals surface area contributed by atoms with Gasteiger partial charge in [0, 0.05) is 15.5 Å². The van der Waals surface area contributed by atoms with E-state index in [1.54, 1.807) is 0 Å². The molecule has 0 unspecified atom stereocenters. The smallest absolute Gasteiger partial charge is 0.212 e. The van der Waals surface area contributed by atoms with Crippen LogP contribution in [0.15, 0.2) is 0 Å². The number of rotatable bonds is 1. The normalized spacial score (nSPS) is 33.6. The molecule has 1 saturated carbocycles. The van der Waals surface area contributed by atoms with Crippen LogP contribution in [0.4, 0.5) is 0 Å². The first kappa shape index (κ1) is 9.81. The summed E-state index contributed by atoms with van der Waals surface area (Å²) >= 11 is 3.44. The topological polar surface area (TPSA) is 34.1 Å². The summed E-state index contributed by atoms with van der Waals surface area (Å²) in [6.45, 7) is 0. The van der Waals surface area contributed by atoms with Crippen molar-refractivity contribution in [1.29, 1.82) is 0 Å². The van der Waals surface area contributed by atoms with E-state index in [2.05, 4.69) is 15.9 Å². The number of alkyl halides is 1. The lowest BCUT2D eigenvalue weighted by atomic mass is 10.0. The molecule has 0 aliphatic heterocycles. The van der Waals surface area contributed by atoms with Crippen molar-refractivity contribution < 1.29 is 8.42 Å². The summed E-state index contributed by atoms with van der Waals surface area (Å²) in [6, 6.07) is 0. The average molecular weight is 262 g/mol. The van der Waals surface area contributed by atoms with Gasteiger partial charge in [0.25, 0.3) is 0 Å². The molecule has 0 amide bonds. The number of halogens is 2. The SMILES string of the molecule is O=S(=O)(Cl)C1CCC(Br)CC1. The molecule has 1 aliphatic rings. The Labute approximate surface area is 79.9 Å². The van der Waals surface area contributed by atoms with E-state index in [0.717, 1.165) is 12.8 Å². The fourth-order valence-corrected chi connectivity index (χ4v) is 3.20. The van der Waals surface area contributed by atoms with Crippen LogP contribution in [0.3, 0.4) is 0 Å². The third kappa shape index (κ3) is 2.92. The van der Waals surface area contributed by atoms with Gasteiger partial charge < -0.3 is 0 Å². The zero-order valence-corrected chi connectivity index (χ0v) is 9.12. The second-order valence-electron chi connectivity index (χ2n) is 2.85. The van der Waals surface area contributed by atoms with Crippen LogP contribution in [0.25, 0.3) is 0 Å². The predicted octanol–water partition coefficient (Wildman–Crippen LogP) is 2.26. The van der Waals surface area contributed by atoms with Crippen LogP contribution in [0.1, 0.15) is 25.7 Å². The number of hydrogen-bond acceptors (Lipinski definition) is 2. The van der Waals surface area contributed by atoms with Gasteiger partial charge in [0.05, 0.1) is 5.25 Å². The maximum Gasteiger partial charge on any atom is 0.235 e. The van der Waals surface area contributed by atoms with E-state index in [1.165, 1.54) is 0 Å². The fraction of sp³-hybridized carbons (Fsp3) is 1.00. The maximum absolute atomic E-state index is 10.8. The molecule has 0 bridgehead atoms. The molecule has 0 heterocycles. The molecule has 0 radical (unpaired) electrons. The lowest BCUT2D eigenvalue weighted by Crippen LogP contribution is -2.23. The molecular weight excluding hydrogens is 251 g/mol. The highest BCUT2D eigenvalue weighted by Gasteiger charge is 2.28. The molecule has 0 spiro atoms. The van der Waals surface area contributed by atoms with Crippen molar-refractivity contribution in [1.82, 2.24) is 0 Å². The van der Waals surface area contributed by atoms with E-state index in [-0.39, 0.29) is 5.25 Å². The molecule has 1 fully saturated rings. The maximum atomic E-state index is 10.8. The Balaban J connectivity index is 2.53. The summed E-state index contributed by atoms with van der Waals surface area (Å²) in [7, 11) is 1.92. The van der Waals surface area contributed by atoms with Crippen LogP contribution >= 0.6 is 26.6 Å². The van der Waals surface area contributed by atoms with E-state index in [1.807, 2.05) is 0 Å². The minimum atomic E-state index is -3.30. The van der Waals surface area contributed by atoms with Crippen molar-refractivity contribution >= 4 is 35.7 Å². The summed E-state index contributed by atoms with van der Waals surface area (Å²) < 4.78 is 21.7. The van der Waals surface area contributed by atoms with E-state index < -0.39 is 9.05 Å². The minimum Gasteiger partial charge on any atom is -0.212 e. The Morgan fingerprint density at radius 3 is 2.00 bits per heavy atom. The Kier molecular flexibility index (Phi) is 3.23. The lowest BCUT2D eigenvalue weighted by Gasteiger charge is -2.22. The van der Waals surface area contributed by atoms with Crippen molar-refractivity contribution in [3.05, 3.63) is 0 Å². The van der Waals surface area contributed by atoms with E-state index in [4.69, 9.17) is 10.7 Å². The first-order chi connectivity index (χ1) is 5.00. The van der Waals surface area contributed by atoms with Crippen LogP contribution in [0, 0.1) is 0 Å². The van der Waals surface area contributed by atoms with Gasteiger partial charge in [-0.2, -0.15) is 0 Å². The zero-order valence-electron chi connectivity index (χ0n) is 5.96. The van der Waals surface area contributed by atoms with E-state index >= 15 is 0 Å². The Morgan fingerprint density at radius 2 is 1.64 bits per heavy atom. The first-order valence-corrected chi connectivity index (χ1v) is 6.86. The summed E-state index contributed by atoms with van der Waals surface area (Å²) in [5.41, 5.74) is 0. The van der Waals surface area contributed by atoms with Gasteiger partial charge in [-0.3, -0.25) is 0 Å². The Hall–Kier alpha value is 0.720. The van der Waals surface area contributed by atoms with Gasteiger partial charge in [-0.05, 0) is 25.7 Å². The molecule has 0 aromatic heterocycles. The molecule has 66 valence electrons. The molecule has 1 rings (SSSR count). The van der Waals surface area contributed by atoms with Gasteiger partial charge in [-0.15, -0.1) is 0 Å². The Morgan fingerprint density at radius 1 is 1.18 bits per heavy atom. The van der Waals surface area contributed by atoms with Gasteiger partial charge in [-0.25, -0.2) is 8.42 Å². The minimum absolute atomic E-state index is 0.307. The van der Waals surface area contributed by atoms with Crippen LogP contribution in [-0.2, 0) is 9.05 Å². The summed E-state index contributed by atoms with van der Waals surface area (Å²) in [5, 5.41) is -0.307. The third-order valence-corrected chi connectivity index (χ3v) is 4.94.